The topological polar surface area (TPSA) is 72.1 Å². The van der Waals surface area contributed by atoms with E-state index in [0.717, 1.165) is 37.4 Å². The summed E-state index contributed by atoms with van der Waals surface area (Å²) in [5.41, 5.74) is 1.64. The quantitative estimate of drug-likeness (QED) is 0.614. The molecule has 2 fully saturated rings. The predicted octanol–water partition coefficient (Wildman–Crippen LogP) is 3.96. The van der Waals surface area contributed by atoms with E-state index in [1.54, 1.807) is 0 Å². The lowest BCUT2D eigenvalue weighted by Gasteiger charge is -2.31. The van der Waals surface area contributed by atoms with E-state index in [9.17, 15) is 4.79 Å². The first-order valence-corrected chi connectivity index (χ1v) is 12.0. The molecule has 2 aliphatic rings. The van der Waals surface area contributed by atoms with Gasteiger partial charge in [0.25, 0.3) is 0 Å². The first kappa shape index (κ1) is 23.7. The van der Waals surface area contributed by atoms with Crippen molar-refractivity contribution in [3.8, 4) is 11.5 Å². The van der Waals surface area contributed by atoms with Crippen LogP contribution in [-0.2, 0) is 9.53 Å². The van der Waals surface area contributed by atoms with Gasteiger partial charge in [-0.1, -0.05) is 32.1 Å². The molecular weight excluding hydrogens is 394 g/mol. The average molecular weight is 434 g/mol. The monoisotopic (exact) mass is 433 g/mol. The number of ether oxygens (including phenoxy) is 3. The Labute approximate surface area is 186 Å². The zero-order chi connectivity index (χ0) is 21.9. The van der Waals surface area contributed by atoms with Crippen molar-refractivity contribution in [3.05, 3.63) is 12.1 Å². The lowest BCUT2D eigenvalue weighted by Crippen LogP contribution is -2.37. The molecule has 1 saturated carbocycles. The van der Waals surface area contributed by atoms with E-state index in [1.807, 2.05) is 26.0 Å². The molecule has 174 valence electrons. The van der Waals surface area contributed by atoms with Gasteiger partial charge >= 0.3 is 0 Å². The molecule has 1 aliphatic heterocycles. The van der Waals surface area contributed by atoms with Gasteiger partial charge in [0.05, 0.1) is 44.3 Å². The summed E-state index contributed by atoms with van der Waals surface area (Å²) in [4.78, 5) is 15.0. The first-order chi connectivity index (χ1) is 15.2. The van der Waals surface area contributed by atoms with Gasteiger partial charge in [0.15, 0.2) is 0 Å². The second-order valence-electron chi connectivity index (χ2n) is 8.25. The van der Waals surface area contributed by atoms with Gasteiger partial charge < -0.3 is 29.7 Å². The third-order valence-electron chi connectivity index (χ3n) is 5.94. The number of nitrogens with zero attached hydrogens (tertiary/aromatic N) is 1. The molecule has 0 atom stereocenters. The highest BCUT2D eigenvalue weighted by Gasteiger charge is 2.21. The second-order valence-corrected chi connectivity index (χ2v) is 8.25. The minimum atomic E-state index is -0.0513. The van der Waals surface area contributed by atoms with Crippen LogP contribution in [0.3, 0.4) is 0 Å². The number of rotatable bonds is 9. The zero-order valence-corrected chi connectivity index (χ0v) is 19.2. The maximum absolute atomic E-state index is 12.7. The van der Waals surface area contributed by atoms with Crippen molar-refractivity contribution in [2.45, 2.75) is 64.8 Å². The Morgan fingerprint density at radius 1 is 1.00 bits per heavy atom. The van der Waals surface area contributed by atoms with Gasteiger partial charge in [0, 0.05) is 31.3 Å². The van der Waals surface area contributed by atoms with E-state index in [1.165, 1.54) is 32.1 Å². The number of amides is 1. The van der Waals surface area contributed by atoms with Crippen molar-refractivity contribution in [2.75, 3.05) is 56.3 Å². The van der Waals surface area contributed by atoms with E-state index < -0.39 is 0 Å². The fourth-order valence-corrected chi connectivity index (χ4v) is 4.34. The SMILES string of the molecule is CCOc1cc(N2CCOCC2)c(OCC)cc1NC(=O)CNC1CCCCCCC1. The van der Waals surface area contributed by atoms with E-state index in [-0.39, 0.29) is 5.91 Å². The molecule has 0 aromatic heterocycles. The highest BCUT2D eigenvalue weighted by Crippen LogP contribution is 2.39. The molecular formula is C24H39N3O4. The molecule has 0 unspecified atom stereocenters. The van der Waals surface area contributed by atoms with Gasteiger partial charge in [-0.25, -0.2) is 0 Å². The summed E-state index contributed by atoms with van der Waals surface area (Å²) < 4.78 is 17.3. The van der Waals surface area contributed by atoms with E-state index in [4.69, 9.17) is 14.2 Å². The summed E-state index contributed by atoms with van der Waals surface area (Å²) in [6.45, 7) is 8.32. The van der Waals surface area contributed by atoms with Gasteiger partial charge in [0.2, 0.25) is 5.91 Å². The molecule has 7 nitrogen and oxygen atoms in total. The standard InChI is InChI=1S/C24H39N3O4/c1-3-30-22-17-21(27-12-14-29-15-13-27)23(31-4-2)16-20(22)26-24(28)18-25-19-10-8-6-5-7-9-11-19/h16-17,19,25H,3-15,18H2,1-2H3,(H,26,28). The van der Waals surface area contributed by atoms with Crippen LogP contribution in [0.25, 0.3) is 0 Å². The van der Waals surface area contributed by atoms with Crippen molar-refractivity contribution in [2.24, 2.45) is 0 Å². The number of morpholine rings is 1. The van der Waals surface area contributed by atoms with Crippen LogP contribution >= 0.6 is 0 Å². The minimum Gasteiger partial charge on any atom is -0.492 e. The predicted molar refractivity (Wildman–Crippen MR) is 125 cm³/mol. The molecule has 3 rings (SSSR count). The van der Waals surface area contributed by atoms with E-state index in [0.29, 0.717) is 50.5 Å². The van der Waals surface area contributed by atoms with Crippen molar-refractivity contribution >= 4 is 17.3 Å². The van der Waals surface area contributed by atoms with Crippen molar-refractivity contribution in [3.63, 3.8) is 0 Å². The number of carbonyl (C=O) groups is 1. The normalized spacial score (nSPS) is 18.2. The van der Waals surface area contributed by atoms with Crippen LogP contribution < -0.4 is 25.0 Å². The Kier molecular flexibility index (Phi) is 9.75. The molecule has 0 spiro atoms. The maximum Gasteiger partial charge on any atom is 0.238 e. The Balaban J connectivity index is 1.69. The number of benzene rings is 1. The van der Waals surface area contributed by atoms with Gasteiger partial charge in [0.1, 0.15) is 11.5 Å². The number of carbonyl (C=O) groups excluding carboxylic acids is 1. The summed E-state index contributed by atoms with van der Waals surface area (Å²) >= 11 is 0. The van der Waals surface area contributed by atoms with Crippen LogP contribution in [0.15, 0.2) is 12.1 Å². The third kappa shape index (κ3) is 7.28. The summed E-state index contributed by atoms with van der Waals surface area (Å²) in [6.07, 6.45) is 8.75. The first-order valence-electron chi connectivity index (χ1n) is 12.0. The van der Waals surface area contributed by atoms with Crippen LogP contribution in [0.2, 0.25) is 0 Å². The summed E-state index contributed by atoms with van der Waals surface area (Å²) in [5, 5.41) is 6.50. The Bertz CT molecular complexity index is 684. The molecule has 1 aliphatic carbocycles. The lowest BCUT2D eigenvalue weighted by molar-refractivity contribution is -0.115. The van der Waals surface area contributed by atoms with Gasteiger partial charge in [-0.2, -0.15) is 0 Å². The summed E-state index contributed by atoms with van der Waals surface area (Å²) in [5.74, 6) is 1.38. The Morgan fingerprint density at radius 2 is 1.65 bits per heavy atom. The molecule has 1 aromatic carbocycles. The van der Waals surface area contributed by atoms with Crippen LogP contribution in [0.5, 0.6) is 11.5 Å². The zero-order valence-electron chi connectivity index (χ0n) is 19.2. The van der Waals surface area contributed by atoms with Crippen LogP contribution in [-0.4, -0.2) is 58.0 Å². The third-order valence-corrected chi connectivity index (χ3v) is 5.94. The molecule has 1 amide bonds. The second kappa shape index (κ2) is 12.8. The van der Waals surface area contributed by atoms with E-state index in [2.05, 4.69) is 15.5 Å². The molecule has 0 radical (unpaired) electrons. The van der Waals surface area contributed by atoms with Crippen LogP contribution in [0, 0.1) is 0 Å². The molecule has 1 heterocycles. The highest BCUT2D eigenvalue weighted by atomic mass is 16.5. The minimum absolute atomic E-state index is 0.0513. The van der Waals surface area contributed by atoms with Crippen molar-refractivity contribution in [1.29, 1.82) is 0 Å². The Hall–Kier alpha value is -1.99. The van der Waals surface area contributed by atoms with E-state index >= 15 is 0 Å². The fourth-order valence-electron chi connectivity index (χ4n) is 4.34. The molecule has 1 aromatic rings. The number of hydrogen-bond donors (Lipinski definition) is 2. The summed E-state index contributed by atoms with van der Waals surface area (Å²) in [6, 6.07) is 4.31. The Morgan fingerprint density at radius 3 is 2.32 bits per heavy atom. The highest BCUT2D eigenvalue weighted by molar-refractivity contribution is 5.94. The van der Waals surface area contributed by atoms with Gasteiger partial charge in [-0.3, -0.25) is 4.79 Å². The van der Waals surface area contributed by atoms with Crippen LogP contribution in [0.1, 0.15) is 58.8 Å². The van der Waals surface area contributed by atoms with Gasteiger partial charge in [-0.05, 0) is 26.7 Å². The lowest BCUT2D eigenvalue weighted by atomic mass is 9.97. The van der Waals surface area contributed by atoms with Crippen molar-refractivity contribution in [1.82, 2.24) is 5.32 Å². The largest absolute Gasteiger partial charge is 0.492 e. The maximum atomic E-state index is 12.7. The number of hydrogen-bond acceptors (Lipinski definition) is 6. The summed E-state index contributed by atoms with van der Waals surface area (Å²) in [7, 11) is 0. The molecule has 7 heteroatoms. The van der Waals surface area contributed by atoms with Crippen molar-refractivity contribution < 1.29 is 19.0 Å². The average Bonchev–Trinajstić information content (AvgIpc) is 2.75. The molecule has 2 N–H and O–H groups in total. The fraction of sp³-hybridized carbons (Fsp3) is 0.708. The molecule has 0 bridgehead atoms. The number of anilines is 2. The molecule has 1 saturated heterocycles. The molecule has 31 heavy (non-hydrogen) atoms. The van der Waals surface area contributed by atoms with Crippen LogP contribution in [0.4, 0.5) is 11.4 Å². The van der Waals surface area contributed by atoms with Gasteiger partial charge in [-0.15, -0.1) is 0 Å². The smallest absolute Gasteiger partial charge is 0.238 e. The number of nitrogens with one attached hydrogen (secondary N) is 2.